The van der Waals surface area contributed by atoms with Gasteiger partial charge < -0.3 is 4.74 Å². The summed E-state index contributed by atoms with van der Waals surface area (Å²) in [5.41, 5.74) is -0.963. The molecule has 0 heterocycles. The Balaban J connectivity index is 2.24. The predicted molar refractivity (Wildman–Crippen MR) is 48.5 cm³/mol. The Morgan fingerprint density at radius 3 is 2.42 bits per heavy atom. The highest BCUT2D eigenvalue weighted by molar-refractivity contribution is 6.68. The van der Waals surface area contributed by atoms with Gasteiger partial charge in [0.15, 0.2) is 0 Å². The molecule has 12 heavy (non-hydrogen) atoms. The molecule has 0 aromatic rings. The first-order chi connectivity index (χ1) is 5.70. The van der Waals surface area contributed by atoms with Gasteiger partial charge in [-0.2, -0.15) is 0 Å². The van der Waals surface area contributed by atoms with Crippen molar-refractivity contribution in [1.29, 1.82) is 0 Å². The van der Waals surface area contributed by atoms with E-state index in [0.29, 0.717) is 0 Å². The van der Waals surface area contributed by atoms with Gasteiger partial charge in [-0.05, 0) is 24.4 Å². The van der Waals surface area contributed by atoms with Gasteiger partial charge in [-0.25, -0.2) is 0 Å². The predicted octanol–water partition coefficient (Wildman–Crippen LogP) is 2.67. The molecule has 1 fully saturated rings. The summed E-state index contributed by atoms with van der Waals surface area (Å²) >= 11 is 10.7. The van der Waals surface area contributed by atoms with Crippen LogP contribution in [0.25, 0.3) is 0 Å². The van der Waals surface area contributed by atoms with Gasteiger partial charge in [0.25, 0.3) is 5.24 Å². The standard InChI is InChI=1S/C8H12Cl2O2/c9-7(11)8(10)12-6-4-2-1-3-5-6/h6,8H,1-5H2. The van der Waals surface area contributed by atoms with E-state index in [4.69, 9.17) is 27.9 Å². The van der Waals surface area contributed by atoms with Crippen molar-refractivity contribution >= 4 is 28.4 Å². The fourth-order valence-corrected chi connectivity index (χ4v) is 1.62. The second-order valence-electron chi connectivity index (χ2n) is 3.02. The number of carbonyl (C=O) groups excluding carboxylic acids is 1. The first kappa shape index (κ1) is 10.3. The summed E-state index contributed by atoms with van der Waals surface area (Å²) in [7, 11) is 0. The molecule has 0 amide bonds. The lowest BCUT2D eigenvalue weighted by Gasteiger charge is -2.22. The molecule has 70 valence electrons. The summed E-state index contributed by atoms with van der Waals surface area (Å²) in [6.45, 7) is 0. The number of alkyl halides is 1. The van der Waals surface area contributed by atoms with Gasteiger partial charge in [-0.1, -0.05) is 30.9 Å². The lowest BCUT2D eigenvalue weighted by Crippen LogP contribution is -2.24. The number of ether oxygens (including phenoxy) is 1. The van der Waals surface area contributed by atoms with E-state index < -0.39 is 10.8 Å². The molecule has 1 saturated carbocycles. The van der Waals surface area contributed by atoms with Gasteiger partial charge in [0.1, 0.15) is 0 Å². The molecule has 1 aliphatic carbocycles. The Bertz CT molecular complexity index is 155. The minimum absolute atomic E-state index is 0.129. The van der Waals surface area contributed by atoms with Gasteiger partial charge >= 0.3 is 0 Å². The second kappa shape index (κ2) is 5.05. The molecule has 0 saturated heterocycles. The van der Waals surface area contributed by atoms with Crippen molar-refractivity contribution in [2.45, 2.75) is 43.8 Å². The summed E-state index contributed by atoms with van der Waals surface area (Å²) in [5.74, 6) is 0. The monoisotopic (exact) mass is 210 g/mol. The Kier molecular flexibility index (Phi) is 4.33. The molecule has 0 spiro atoms. The summed E-state index contributed by atoms with van der Waals surface area (Å²) < 4.78 is 5.24. The van der Waals surface area contributed by atoms with Crippen LogP contribution in [-0.2, 0) is 9.53 Å². The molecule has 0 bridgehead atoms. The zero-order valence-electron chi connectivity index (χ0n) is 6.76. The SMILES string of the molecule is O=C(Cl)C(Cl)OC1CCCCC1. The van der Waals surface area contributed by atoms with Crippen LogP contribution in [0.4, 0.5) is 0 Å². The van der Waals surface area contributed by atoms with Crippen LogP contribution in [0.3, 0.4) is 0 Å². The van der Waals surface area contributed by atoms with E-state index >= 15 is 0 Å². The maximum absolute atomic E-state index is 10.5. The topological polar surface area (TPSA) is 26.3 Å². The van der Waals surface area contributed by atoms with Crippen molar-refractivity contribution in [2.24, 2.45) is 0 Å². The van der Waals surface area contributed by atoms with Crippen LogP contribution in [0.15, 0.2) is 0 Å². The van der Waals surface area contributed by atoms with Crippen LogP contribution in [0.1, 0.15) is 32.1 Å². The van der Waals surface area contributed by atoms with Crippen molar-refractivity contribution in [3.63, 3.8) is 0 Å². The molecule has 4 heteroatoms. The summed E-state index contributed by atoms with van der Waals surface area (Å²) in [4.78, 5) is 10.5. The number of hydrogen-bond donors (Lipinski definition) is 0. The van der Waals surface area contributed by atoms with Crippen LogP contribution in [-0.4, -0.2) is 16.9 Å². The lowest BCUT2D eigenvalue weighted by atomic mass is 9.98. The molecular formula is C8H12Cl2O2. The number of hydrogen-bond acceptors (Lipinski definition) is 2. The lowest BCUT2D eigenvalue weighted by molar-refractivity contribution is -0.121. The average Bonchev–Trinajstić information content (AvgIpc) is 2.06. The zero-order valence-corrected chi connectivity index (χ0v) is 8.27. The van der Waals surface area contributed by atoms with E-state index in [2.05, 4.69) is 0 Å². The maximum atomic E-state index is 10.5. The first-order valence-electron chi connectivity index (χ1n) is 4.19. The Morgan fingerprint density at radius 1 is 1.33 bits per heavy atom. The fourth-order valence-electron chi connectivity index (χ4n) is 1.42. The molecule has 0 N–H and O–H groups in total. The van der Waals surface area contributed by atoms with Crippen LogP contribution in [0.2, 0.25) is 0 Å². The van der Waals surface area contributed by atoms with Crippen molar-refractivity contribution < 1.29 is 9.53 Å². The molecule has 1 aliphatic rings. The molecule has 1 rings (SSSR count). The van der Waals surface area contributed by atoms with Crippen LogP contribution < -0.4 is 0 Å². The van der Waals surface area contributed by atoms with Crippen molar-refractivity contribution in [2.75, 3.05) is 0 Å². The maximum Gasteiger partial charge on any atom is 0.265 e. The largest absolute Gasteiger partial charge is 0.351 e. The van der Waals surface area contributed by atoms with Crippen LogP contribution in [0, 0.1) is 0 Å². The Morgan fingerprint density at radius 2 is 1.92 bits per heavy atom. The summed E-state index contributed by atoms with van der Waals surface area (Å²) in [6, 6.07) is 0. The average molecular weight is 211 g/mol. The quantitative estimate of drug-likeness (QED) is 0.529. The molecule has 0 aromatic heterocycles. The molecule has 0 aromatic carbocycles. The van der Waals surface area contributed by atoms with Crippen LogP contribution >= 0.6 is 23.2 Å². The second-order valence-corrected chi connectivity index (χ2v) is 3.79. The molecule has 1 atom stereocenters. The van der Waals surface area contributed by atoms with Gasteiger partial charge in [-0.3, -0.25) is 4.79 Å². The van der Waals surface area contributed by atoms with Gasteiger partial charge in [0, 0.05) is 0 Å². The molecule has 1 unspecified atom stereocenters. The van der Waals surface area contributed by atoms with E-state index in [1.54, 1.807) is 0 Å². The van der Waals surface area contributed by atoms with Crippen LogP contribution in [0.5, 0.6) is 0 Å². The minimum Gasteiger partial charge on any atom is -0.351 e. The third kappa shape index (κ3) is 3.30. The van der Waals surface area contributed by atoms with Crippen molar-refractivity contribution in [3.05, 3.63) is 0 Å². The normalized spacial score (nSPS) is 22.2. The molecule has 0 radical (unpaired) electrons. The Labute approximate surface area is 82.2 Å². The third-order valence-corrected chi connectivity index (χ3v) is 2.65. The first-order valence-corrected chi connectivity index (χ1v) is 5.00. The highest BCUT2D eigenvalue weighted by Gasteiger charge is 2.21. The van der Waals surface area contributed by atoms with E-state index in [1.807, 2.05) is 0 Å². The zero-order chi connectivity index (χ0) is 8.97. The molecule has 0 aliphatic heterocycles. The summed E-state index contributed by atoms with van der Waals surface area (Å²) in [6.07, 6.45) is 5.68. The Hall–Kier alpha value is 0.210. The van der Waals surface area contributed by atoms with Gasteiger partial charge in [-0.15, -0.1) is 0 Å². The highest BCUT2D eigenvalue weighted by Crippen LogP contribution is 2.22. The fraction of sp³-hybridized carbons (Fsp3) is 0.875. The minimum atomic E-state index is -0.963. The third-order valence-electron chi connectivity index (χ3n) is 2.04. The molecule has 2 nitrogen and oxygen atoms in total. The molecular weight excluding hydrogens is 199 g/mol. The van der Waals surface area contributed by atoms with E-state index in [-0.39, 0.29) is 6.10 Å². The van der Waals surface area contributed by atoms with E-state index in [9.17, 15) is 4.79 Å². The highest BCUT2D eigenvalue weighted by atomic mass is 35.5. The van der Waals surface area contributed by atoms with E-state index in [1.165, 1.54) is 6.42 Å². The smallest absolute Gasteiger partial charge is 0.265 e. The number of carbonyl (C=O) groups is 1. The van der Waals surface area contributed by atoms with E-state index in [0.717, 1.165) is 25.7 Å². The van der Waals surface area contributed by atoms with Gasteiger partial charge in [0.05, 0.1) is 6.10 Å². The number of rotatable bonds is 3. The van der Waals surface area contributed by atoms with Crippen molar-refractivity contribution in [3.8, 4) is 0 Å². The summed E-state index contributed by atoms with van der Waals surface area (Å²) in [5, 5.41) is -0.623. The van der Waals surface area contributed by atoms with Gasteiger partial charge in [0.2, 0.25) is 5.56 Å². The van der Waals surface area contributed by atoms with Crippen molar-refractivity contribution in [1.82, 2.24) is 0 Å². The number of halogens is 2.